The molecular formula is C31H29FN8O3S. The Morgan fingerprint density at radius 1 is 0.977 bits per heavy atom. The topological polar surface area (TPSA) is 158 Å². The first-order valence-electron chi connectivity index (χ1n) is 13.9. The number of benzene rings is 2. The number of imidazole rings is 1. The van der Waals surface area contributed by atoms with Crippen LogP contribution in [0.4, 0.5) is 10.1 Å². The van der Waals surface area contributed by atoms with E-state index in [2.05, 4.69) is 30.2 Å². The van der Waals surface area contributed by atoms with Crippen LogP contribution in [0.3, 0.4) is 0 Å². The second-order valence-corrected chi connectivity index (χ2v) is 12.8. The van der Waals surface area contributed by atoms with Crippen LogP contribution < -0.4 is 10.0 Å². The molecule has 1 amide bonds. The Hall–Kier alpha value is -5.01. The molecule has 0 bridgehead atoms. The number of hydrogen-bond donors (Lipinski definition) is 4. The van der Waals surface area contributed by atoms with Crippen molar-refractivity contribution in [3.05, 3.63) is 78.4 Å². The second-order valence-electron chi connectivity index (χ2n) is 11.0. The minimum Gasteiger partial charge on any atom is -0.336 e. The third-order valence-electron chi connectivity index (χ3n) is 6.86. The average molecular weight is 613 g/mol. The van der Waals surface area contributed by atoms with Crippen LogP contribution in [0.15, 0.2) is 67.0 Å². The van der Waals surface area contributed by atoms with E-state index in [0.29, 0.717) is 68.1 Å². The number of pyridine rings is 2. The summed E-state index contributed by atoms with van der Waals surface area (Å²) in [5.74, 6) is 0.128. The number of carbonyl (C=O) groups is 1. The first-order valence-corrected chi connectivity index (χ1v) is 15.8. The van der Waals surface area contributed by atoms with Gasteiger partial charge in [-0.1, -0.05) is 26.0 Å². The number of H-pyrrole nitrogens is 2. The molecule has 0 saturated heterocycles. The number of aromatic amines is 2. The van der Waals surface area contributed by atoms with E-state index in [1.807, 2.05) is 50.2 Å². The molecule has 4 heterocycles. The molecular weight excluding hydrogens is 583 g/mol. The van der Waals surface area contributed by atoms with Gasteiger partial charge >= 0.3 is 0 Å². The Kier molecular flexibility index (Phi) is 7.66. The van der Waals surface area contributed by atoms with E-state index in [4.69, 9.17) is 9.97 Å². The molecule has 6 aromatic rings. The zero-order chi connectivity index (χ0) is 31.0. The molecule has 0 fully saturated rings. The molecule has 4 aromatic heterocycles. The summed E-state index contributed by atoms with van der Waals surface area (Å²) in [5, 5.41) is 10.4. The summed E-state index contributed by atoms with van der Waals surface area (Å²) < 4.78 is 40.1. The van der Waals surface area contributed by atoms with Crippen LogP contribution in [0.25, 0.3) is 56.0 Å². The van der Waals surface area contributed by atoms with Gasteiger partial charge in [0.2, 0.25) is 15.9 Å². The van der Waals surface area contributed by atoms with E-state index < -0.39 is 15.8 Å². The number of fused-ring (bicyclic) bond motifs is 2. The first-order chi connectivity index (χ1) is 21.0. The predicted octanol–water partition coefficient (Wildman–Crippen LogP) is 5.40. The number of para-hydroxylation sites is 1. The molecule has 0 aliphatic rings. The predicted molar refractivity (Wildman–Crippen MR) is 167 cm³/mol. The lowest BCUT2D eigenvalue weighted by atomic mass is 10.0. The van der Waals surface area contributed by atoms with Gasteiger partial charge in [-0.3, -0.25) is 14.9 Å². The van der Waals surface area contributed by atoms with Crippen LogP contribution in [-0.4, -0.2) is 50.7 Å². The summed E-state index contributed by atoms with van der Waals surface area (Å²) in [7, 11) is -3.45. The molecule has 224 valence electrons. The van der Waals surface area contributed by atoms with Crippen LogP contribution in [0, 0.1) is 11.7 Å². The molecule has 0 aliphatic heterocycles. The van der Waals surface area contributed by atoms with Crippen molar-refractivity contribution in [2.24, 2.45) is 5.92 Å². The number of hydrogen-bond acceptors (Lipinski definition) is 7. The summed E-state index contributed by atoms with van der Waals surface area (Å²) in [6.07, 6.45) is 4.74. The van der Waals surface area contributed by atoms with E-state index in [-0.39, 0.29) is 18.4 Å². The average Bonchev–Trinajstić information content (AvgIpc) is 3.59. The van der Waals surface area contributed by atoms with E-state index in [1.165, 1.54) is 12.1 Å². The van der Waals surface area contributed by atoms with Crippen molar-refractivity contribution >= 4 is 43.7 Å². The fourth-order valence-electron chi connectivity index (χ4n) is 4.96. The maximum absolute atomic E-state index is 14.6. The highest BCUT2D eigenvalue weighted by Crippen LogP contribution is 2.33. The normalized spacial score (nSPS) is 11.9. The second kappa shape index (κ2) is 11.6. The highest BCUT2D eigenvalue weighted by molar-refractivity contribution is 7.88. The minimum atomic E-state index is -3.45. The SMILES string of the molecule is CC(C)CC(=O)Nc1cncc(-c2ccc3[nH]nc(-c4nc5c(-c6cc(F)cc(CNS(C)(=O)=O)c6)cccc5[nH]4)c3n2)c1. The van der Waals surface area contributed by atoms with E-state index in [0.717, 1.165) is 11.8 Å². The van der Waals surface area contributed by atoms with E-state index in [1.54, 1.807) is 18.5 Å². The van der Waals surface area contributed by atoms with Gasteiger partial charge in [0.15, 0.2) is 11.5 Å². The van der Waals surface area contributed by atoms with Crippen molar-refractivity contribution in [3.8, 4) is 33.9 Å². The molecule has 6 rings (SSSR count). The molecule has 2 aromatic carbocycles. The molecule has 0 atom stereocenters. The number of rotatable bonds is 9. The summed E-state index contributed by atoms with van der Waals surface area (Å²) in [4.78, 5) is 29.5. The highest BCUT2D eigenvalue weighted by Gasteiger charge is 2.18. The van der Waals surface area contributed by atoms with Gasteiger partial charge in [0, 0.05) is 30.3 Å². The number of sulfonamides is 1. The monoisotopic (exact) mass is 612 g/mol. The van der Waals surface area contributed by atoms with Crippen LogP contribution in [0.1, 0.15) is 25.8 Å². The molecule has 0 unspecified atom stereocenters. The van der Waals surface area contributed by atoms with Crippen molar-refractivity contribution in [1.82, 2.24) is 34.9 Å². The summed E-state index contributed by atoms with van der Waals surface area (Å²) in [6.45, 7) is 3.93. The largest absolute Gasteiger partial charge is 0.336 e. The van der Waals surface area contributed by atoms with Gasteiger partial charge in [-0.2, -0.15) is 5.10 Å². The van der Waals surface area contributed by atoms with Crippen molar-refractivity contribution < 1.29 is 17.6 Å². The first kappa shape index (κ1) is 29.1. The fraction of sp³-hybridized carbons (Fsp3) is 0.194. The molecule has 4 N–H and O–H groups in total. The van der Waals surface area contributed by atoms with Gasteiger partial charge in [-0.15, -0.1) is 0 Å². The summed E-state index contributed by atoms with van der Waals surface area (Å²) in [5.41, 5.74) is 6.72. The maximum atomic E-state index is 14.6. The molecule has 0 aliphatic carbocycles. The van der Waals surface area contributed by atoms with Crippen molar-refractivity contribution in [2.45, 2.75) is 26.8 Å². The summed E-state index contributed by atoms with van der Waals surface area (Å²) in [6, 6.07) is 15.5. The quantitative estimate of drug-likeness (QED) is 0.170. The molecule has 13 heteroatoms. The number of aromatic nitrogens is 6. The van der Waals surface area contributed by atoms with Crippen LogP contribution in [-0.2, 0) is 21.4 Å². The smallest absolute Gasteiger partial charge is 0.224 e. The number of nitrogens with one attached hydrogen (secondary N) is 4. The third-order valence-corrected chi connectivity index (χ3v) is 7.53. The fourth-order valence-corrected chi connectivity index (χ4v) is 5.38. The van der Waals surface area contributed by atoms with Gasteiger partial charge in [0.1, 0.15) is 11.3 Å². The molecule has 11 nitrogen and oxygen atoms in total. The van der Waals surface area contributed by atoms with Crippen molar-refractivity contribution in [3.63, 3.8) is 0 Å². The van der Waals surface area contributed by atoms with Crippen LogP contribution >= 0.6 is 0 Å². The van der Waals surface area contributed by atoms with Gasteiger partial charge in [-0.25, -0.2) is 27.5 Å². The van der Waals surface area contributed by atoms with Gasteiger partial charge in [0.25, 0.3) is 0 Å². The number of anilines is 1. The maximum Gasteiger partial charge on any atom is 0.224 e. The minimum absolute atomic E-state index is 0.0403. The number of carbonyl (C=O) groups excluding carboxylic acids is 1. The van der Waals surface area contributed by atoms with Crippen molar-refractivity contribution in [1.29, 1.82) is 0 Å². The van der Waals surface area contributed by atoms with Crippen LogP contribution in [0.2, 0.25) is 0 Å². The zero-order valence-corrected chi connectivity index (χ0v) is 25.0. The summed E-state index contributed by atoms with van der Waals surface area (Å²) >= 11 is 0. The standard InChI is InChI=1S/C31H29FN8O3S/c1-17(2)9-27(41)35-22-13-20(15-33-16-22)24-7-8-26-29(36-24)30(40-39-26)31-37-25-6-4-5-23(28(25)38-31)19-10-18(11-21(32)12-19)14-34-44(3,42)43/h4-8,10-13,15-17,34H,9,14H2,1-3H3,(H,35,41)(H,37,38)(H,39,40). The van der Waals surface area contributed by atoms with Crippen molar-refractivity contribution in [2.75, 3.05) is 11.6 Å². The lowest BCUT2D eigenvalue weighted by Gasteiger charge is -2.08. The molecule has 0 saturated carbocycles. The zero-order valence-electron chi connectivity index (χ0n) is 24.1. The van der Waals surface area contributed by atoms with Gasteiger partial charge in [0.05, 0.1) is 40.4 Å². The number of halogens is 1. The lowest BCUT2D eigenvalue weighted by molar-refractivity contribution is -0.116. The Morgan fingerprint density at radius 3 is 2.61 bits per heavy atom. The highest BCUT2D eigenvalue weighted by atomic mass is 32.2. The number of nitrogens with zero attached hydrogens (tertiary/aromatic N) is 4. The molecule has 0 radical (unpaired) electrons. The van der Waals surface area contributed by atoms with Gasteiger partial charge < -0.3 is 10.3 Å². The van der Waals surface area contributed by atoms with Crippen LogP contribution in [0.5, 0.6) is 0 Å². The number of amides is 1. The molecule has 0 spiro atoms. The Morgan fingerprint density at radius 2 is 1.82 bits per heavy atom. The third kappa shape index (κ3) is 6.33. The Labute approximate surface area is 252 Å². The lowest BCUT2D eigenvalue weighted by Crippen LogP contribution is -2.21. The van der Waals surface area contributed by atoms with Gasteiger partial charge in [-0.05, 0) is 59.5 Å². The van der Waals surface area contributed by atoms with E-state index in [9.17, 15) is 17.6 Å². The Bertz CT molecular complexity index is 2140. The Balaban J connectivity index is 1.36. The van der Waals surface area contributed by atoms with E-state index >= 15 is 0 Å². The molecule has 44 heavy (non-hydrogen) atoms.